The molecular weight excluding hydrogens is 62.1 g/mol. The van der Waals surface area contributed by atoms with Crippen LogP contribution in [0.1, 0.15) is 13.8 Å². The molecule has 30 valence electrons. The van der Waals surface area contributed by atoms with Gasteiger partial charge in [0.1, 0.15) is 0 Å². The maximum absolute atomic E-state index is 5.83. The third kappa shape index (κ3) is 29.8. The van der Waals surface area contributed by atoms with Gasteiger partial charge in [-0.2, -0.15) is 0 Å². The summed E-state index contributed by atoms with van der Waals surface area (Å²) >= 11 is 0. The molecule has 0 atom stereocenters. The van der Waals surface area contributed by atoms with Crippen LogP contribution in [0.15, 0.2) is 0 Å². The summed E-state index contributed by atoms with van der Waals surface area (Å²) in [6.45, 7) is 9.83. The fourth-order valence-electron chi connectivity index (χ4n) is 0. The van der Waals surface area contributed by atoms with Crippen molar-refractivity contribution in [2.75, 3.05) is 7.05 Å². The van der Waals surface area contributed by atoms with Crippen LogP contribution in [-0.4, -0.2) is 7.05 Å². The summed E-state index contributed by atoms with van der Waals surface area (Å²) in [6, 6.07) is 0. The zero-order valence-corrected chi connectivity index (χ0v) is 3.95. The molecule has 0 amide bonds. The molecule has 0 fully saturated rings. The highest BCUT2D eigenvalue weighted by atomic mass is 14.5. The molecule has 0 saturated carbocycles. The molecule has 0 aromatic carbocycles. The Hall–Kier alpha value is -0.510. The minimum absolute atomic E-state index is 1.42. The second-order valence-electron chi connectivity index (χ2n) is 0.224. The molecule has 0 rings (SSSR count). The summed E-state index contributed by atoms with van der Waals surface area (Å²) in [7, 11) is 1.42. The first-order chi connectivity index (χ1) is 2.41. The summed E-state index contributed by atoms with van der Waals surface area (Å²) in [5.74, 6) is 0. The highest BCUT2D eigenvalue weighted by Crippen LogP contribution is 1.26. The van der Waals surface area contributed by atoms with Crippen LogP contribution in [-0.2, 0) is 0 Å². The summed E-state index contributed by atoms with van der Waals surface area (Å²) in [4.78, 5) is 2.75. The van der Waals surface area contributed by atoms with Crippen LogP contribution in [0.4, 0.5) is 0 Å². The van der Waals surface area contributed by atoms with Gasteiger partial charge in [-0.15, -0.1) is 0 Å². The van der Waals surface area contributed by atoms with E-state index in [1.165, 1.54) is 7.05 Å². The predicted octanol–water partition coefficient (Wildman–Crippen LogP) is 1.56. The maximum Gasteiger partial charge on any atom is 0.205 e. The standard InChI is InChI=1S/C2H3N.C2H6/c1-3-2;1-2/h1H3;1-2H3. The van der Waals surface area contributed by atoms with Gasteiger partial charge in [0.15, 0.2) is 0 Å². The summed E-state index contributed by atoms with van der Waals surface area (Å²) in [5, 5.41) is 0. The first-order valence-corrected chi connectivity index (χ1v) is 1.67. The van der Waals surface area contributed by atoms with E-state index in [4.69, 9.17) is 6.57 Å². The minimum Gasteiger partial charge on any atom is -0.320 e. The molecule has 0 aliphatic carbocycles. The molecule has 0 N–H and O–H groups in total. The van der Waals surface area contributed by atoms with Crippen molar-refractivity contribution in [3.63, 3.8) is 0 Å². The molecule has 0 aromatic heterocycles. The van der Waals surface area contributed by atoms with Crippen LogP contribution in [0.25, 0.3) is 4.85 Å². The molecule has 0 unspecified atom stereocenters. The van der Waals surface area contributed by atoms with E-state index < -0.39 is 0 Å². The Kier molecular flexibility index (Phi) is 159. The topological polar surface area (TPSA) is 4.36 Å². The van der Waals surface area contributed by atoms with Crippen LogP contribution in [0.5, 0.6) is 0 Å². The number of nitrogens with zero attached hydrogens (tertiary/aromatic N) is 1. The summed E-state index contributed by atoms with van der Waals surface area (Å²) < 4.78 is 0. The van der Waals surface area contributed by atoms with Gasteiger partial charge < -0.3 is 4.85 Å². The zero-order valence-electron chi connectivity index (χ0n) is 3.95. The molecule has 0 spiro atoms. The summed E-state index contributed by atoms with van der Waals surface area (Å²) in [5.41, 5.74) is 0. The molecule has 0 aromatic rings. The number of hydrogen-bond acceptors (Lipinski definition) is 0. The quantitative estimate of drug-likeness (QED) is 0.382. The van der Waals surface area contributed by atoms with Crippen molar-refractivity contribution >= 4 is 0 Å². The van der Waals surface area contributed by atoms with Crippen LogP contribution in [0.3, 0.4) is 0 Å². The Morgan fingerprint density at radius 3 is 1.40 bits per heavy atom. The third-order valence-electron chi connectivity index (χ3n) is 0. The normalized spacial score (nSPS) is 2.80. The average molecular weight is 71.1 g/mol. The van der Waals surface area contributed by atoms with Gasteiger partial charge in [0.05, 0.1) is 0 Å². The molecule has 0 radical (unpaired) electrons. The van der Waals surface area contributed by atoms with E-state index in [2.05, 4.69) is 4.85 Å². The lowest BCUT2D eigenvalue weighted by Crippen LogP contribution is -1.10. The van der Waals surface area contributed by atoms with Gasteiger partial charge in [-0.1, -0.05) is 13.8 Å². The monoisotopic (exact) mass is 71.1 g/mol. The lowest BCUT2D eigenvalue weighted by atomic mass is 11.0. The van der Waals surface area contributed by atoms with Crippen molar-refractivity contribution in [3.8, 4) is 0 Å². The van der Waals surface area contributed by atoms with Gasteiger partial charge in [0, 0.05) is 0 Å². The minimum atomic E-state index is 1.42. The molecule has 5 heavy (non-hydrogen) atoms. The molecule has 0 aliphatic rings. The van der Waals surface area contributed by atoms with Gasteiger partial charge in [-0.25, -0.2) is 6.57 Å². The van der Waals surface area contributed by atoms with E-state index in [0.717, 1.165) is 0 Å². The fraction of sp³-hybridized carbons (Fsp3) is 0.750. The number of rotatable bonds is 0. The van der Waals surface area contributed by atoms with Crippen molar-refractivity contribution < 1.29 is 0 Å². The highest BCUT2D eigenvalue weighted by molar-refractivity contribution is 4.31. The zero-order chi connectivity index (χ0) is 4.71. The smallest absolute Gasteiger partial charge is 0.205 e. The highest BCUT2D eigenvalue weighted by Gasteiger charge is 1.08. The van der Waals surface area contributed by atoms with Gasteiger partial charge >= 0.3 is 0 Å². The third-order valence-corrected chi connectivity index (χ3v) is 0. The molecule has 0 saturated heterocycles. The van der Waals surface area contributed by atoms with E-state index in [0.29, 0.717) is 0 Å². The van der Waals surface area contributed by atoms with Crippen LogP contribution >= 0.6 is 0 Å². The molecule has 0 bridgehead atoms. The van der Waals surface area contributed by atoms with Crippen molar-refractivity contribution in [3.05, 3.63) is 11.4 Å². The average Bonchev–Trinajstić information content (AvgIpc) is 1.46. The number of hydrogen-bond donors (Lipinski definition) is 0. The summed E-state index contributed by atoms with van der Waals surface area (Å²) in [6.07, 6.45) is 0. The first kappa shape index (κ1) is 8.82. The van der Waals surface area contributed by atoms with Crippen LogP contribution in [0.2, 0.25) is 0 Å². The molecule has 0 aliphatic heterocycles. The van der Waals surface area contributed by atoms with Crippen molar-refractivity contribution in [1.29, 1.82) is 0 Å². The van der Waals surface area contributed by atoms with Gasteiger partial charge in [-0.05, 0) is 0 Å². The van der Waals surface area contributed by atoms with Gasteiger partial charge in [0.25, 0.3) is 0 Å². The lowest BCUT2D eigenvalue weighted by molar-refractivity contribution is 1.50. The van der Waals surface area contributed by atoms with E-state index in [1.54, 1.807) is 0 Å². The van der Waals surface area contributed by atoms with E-state index in [1.807, 2.05) is 13.8 Å². The largest absolute Gasteiger partial charge is 0.320 e. The predicted molar refractivity (Wildman–Crippen MR) is 23.9 cm³/mol. The molecule has 1 heteroatoms. The molecule has 0 heterocycles. The van der Waals surface area contributed by atoms with Crippen molar-refractivity contribution in [2.45, 2.75) is 13.8 Å². The Bertz CT molecular complexity index is 25.1. The van der Waals surface area contributed by atoms with E-state index in [-0.39, 0.29) is 0 Å². The Balaban J connectivity index is 0. The molecule has 1 nitrogen and oxygen atoms in total. The SMILES string of the molecule is CC.[C-]#[N+]C. The van der Waals surface area contributed by atoms with E-state index in [9.17, 15) is 0 Å². The second kappa shape index (κ2) is 90.1. The lowest BCUT2D eigenvalue weighted by Gasteiger charge is -1.30. The Morgan fingerprint density at radius 2 is 1.40 bits per heavy atom. The van der Waals surface area contributed by atoms with E-state index >= 15 is 0 Å². The van der Waals surface area contributed by atoms with Crippen molar-refractivity contribution in [1.82, 2.24) is 0 Å². The van der Waals surface area contributed by atoms with Crippen molar-refractivity contribution in [2.24, 2.45) is 0 Å². The maximum atomic E-state index is 5.83. The Labute approximate surface area is 33.4 Å². The Morgan fingerprint density at radius 1 is 1.40 bits per heavy atom. The van der Waals surface area contributed by atoms with Gasteiger partial charge in [-0.3, -0.25) is 0 Å². The first-order valence-electron chi connectivity index (χ1n) is 1.67. The van der Waals surface area contributed by atoms with Crippen LogP contribution in [0, 0.1) is 6.57 Å². The van der Waals surface area contributed by atoms with Crippen LogP contribution < -0.4 is 0 Å². The fourth-order valence-corrected chi connectivity index (χ4v) is 0. The van der Waals surface area contributed by atoms with Gasteiger partial charge in [0.2, 0.25) is 7.05 Å². The second-order valence-corrected chi connectivity index (χ2v) is 0.224. The molecular formula is C4H9N.